The van der Waals surface area contributed by atoms with Crippen molar-refractivity contribution in [3.8, 4) is 11.5 Å². The van der Waals surface area contributed by atoms with Gasteiger partial charge in [0, 0.05) is 22.3 Å². The van der Waals surface area contributed by atoms with Gasteiger partial charge in [0.15, 0.2) is 11.5 Å². The number of anilines is 1. The van der Waals surface area contributed by atoms with Crippen molar-refractivity contribution < 1.29 is 9.47 Å². The Labute approximate surface area is 177 Å². The second kappa shape index (κ2) is 9.36. The van der Waals surface area contributed by atoms with E-state index in [1.807, 2.05) is 60.7 Å². The predicted octanol–water partition coefficient (Wildman–Crippen LogP) is 6.96. The first-order chi connectivity index (χ1) is 13.0. The van der Waals surface area contributed by atoms with E-state index < -0.39 is 0 Å². The quantitative estimate of drug-likeness (QED) is 0.408. The van der Waals surface area contributed by atoms with Gasteiger partial charge in [0.1, 0.15) is 6.61 Å². The molecule has 0 saturated carbocycles. The molecule has 0 heterocycles. The number of hydrogen-bond acceptors (Lipinski definition) is 3. The number of hydrogen-bond donors (Lipinski definition) is 1. The zero-order valence-corrected chi connectivity index (χ0v) is 17.7. The number of methoxy groups -OCH3 is 1. The average Bonchev–Trinajstić information content (AvgIpc) is 2.66. The highest BCUT2D eigenvalue weighted by molar-refractivity contribution is 9.10. The van der Waals surface area contributed by atoms with E-state index in [-0.39, 0.29) is 0 Å². The number of ether oxygens (including phenoxy) is 2. The molecule has 3 aromatic carbocycles. The standard InChI is InChI=1S/C21H18BrCl2NO2/c1-26-20-10-15(12-25-18-4-2-3-17(24)11-18)9-19(22)21(20)27-13-14-5-7-16(23)8-6-14/h2-11,25H,12-13H2,1H3. The molecule has 0 atom stereocenters. The summed E-state index contributed by atoms with van der Waals surface area (Å²) in [5.41, 5.74) is 3.04. The average molecular weight is 467 g/mol. The Bertz CT molecular complexity index is 917. The Hall–Kier alpha value is -1.88. The first-order valence-electron chi connectivity index (χ1n) is 8.28. The highest BCUT2D eigenvalue weighted by atomic mass is 79.9. The Morgan fingerprint density at radius 2 is 1.70 bits per heavy atom. The summed E-state index contributed by atoms with van der Waals surface area (Å²) in [6.45, 7) is 1.05. The van der Waals surface area contributed by atoms with Gasteiger partial charge in [0.25, 0.3) is 0 Å². The van der Waals surface area contributed by atoms with Crippen LogP contribution in [0, 0.1) is 0 Å². The molecule has 0 saturated heterocycles. The minimum Gasteiger partial charge on any atom is -0.493 e. The highest BCUT2D eigenvalue weighted by Gasteiger charge is 2.12. The Balaban J connectivity index is 1.71. The van der Waals surface area contributed by atoms with Gasteiger partial charge in [-0.2, -0.15) is 0 Å². The van der Waals surface area contributed by atoms with Crippen molar-refractivity contribution in [3.05, 3.63) is 86.3 Å². The number of nitrogens with one attached hydrogen (secondary N) is 1. The molecule has 3 aromatic rings. The molecule has 0 bridgehead atoms. The molecular weight excluding hydrogens is 449 g/mol. The van der Waals surface area contributed by atoms with Gasteiger partial charge in [-0.3, -0.25) is 0 Å². The van der Waals surface area contributed by atoms with Crippen molar-refractivity contribution in [2.45, 2.75) is 13.2 Å². The lowest BCUT2D eigenvalue weighted by Crippen LogP contribution is -2.02. The minimum absolute atomic E-state index is 0.423. The summed E-state index contributed by atoms with van der Waals surface area (Å²) < 4.78 is 12.3. The maximum Gasteiger partial charge on any atom is 0.175 e. The van der Waals surface area contributed by atoms with Gasteiger partial charge in [-0.1, -0.05) is 41.4 Å². The van der Waals surface area contributed by atoms with Crippen molar-refractivity contribution in [2.75, 3.05) is 12.4 Å². The summed E-state index contributed by atoms with van der Waals surface area (Å²) in [7, 11) is 1.63. The van der Waals surface area contributed by atoms with Gasteiger partial charge in [-0.05, 0) is 69.5 Å². The van der Waals surface area contributed by atoms with Crippen LogP contribution in [0.25, 0.3) is 0 Å². The second-order valence-electron chi connectivity index (χ2n) is 5.89. The molecule has 0 fully saturated rings. The highest BCUT2D eigenvalue weighted by Crippen LogP contribution is 2.37. The molecule has 0 amide bonds. The zero-order valence-electron chi connectivity index (χ0n) is 14.6. The molecule has 6 heteroatoms. The van der Waals surface area contributed by atoms with Gasteiger partial charge in [0.2, 0.25) is 0 Å². The smallest absolute Gasteiger partial charge is 0.175 e. The van der Waals surface area contributed by atoms with E-state index in [1.165, 1.54) is 0 Å². The first kappa shape index (κ1) is 19.9. The summed E-state index contributed by atoms with van der Waals surface area (Å²) in [5.74, 6) is 1.33. The van der Waals surface area contributed by atoms with E-state index in [0.717, 1.165) is 21.3 Å². The Morgan fingerprint density at radius 1 is 0.926 bits per heavy atom. The molecule has 0 aliphatic carbocycles. The van der Waals surface area contributed by atoms with Crippen LogP contribution < -0.4 is 14.8 Å². The largest absolute Gasteiger partial charge is 0.493 e. The third-order valence-electron chi connectivity index (χ3n) is 3.91. The third kappa shape index (κ3) is 5.55. The summed E-state index contributed by atoms with van der Waals surface area (Å²) in [4.78, 5) is 0. The van der Waals surface area contributed by atoms with Crippen LogP contribution in [0.2, 0.25) is 10.0 Å². The zero-order chi connectivity index (χ0) is 19.2. The summed E-state index contributed by atoms with van der Waals surface area (Å²) in [5, 5.41) is 4.75. The molecule has 140 valence electrons. The van der Waals surface area contributed by atoms with E-state index in [0.29, 0.717) is 34.7 Å². The van der Waals surface area contributed by atoms with Crippen LogP contribution in [0.15, 0.2) is 65.1 Å². The lowest BCUT2D eigenvalue weighted by Gasteiger charge is -2.15. The number of halogens is 3. The Morgan fingerprint density at radius 3 is 2.41 bits per heavy atom. The van der Waals surface area contributed by atoms with E-state index >= 15 is 0 Å². The molecule has 0 spiro atoms. The second-order valence-corrected chi connectivity index (χ2v) is 7.62. The maximum atomic E-state index is 6.02. The Kier molecular flexibility index (Phi) is 6.89. The minimum atomic E-state index is 0.423. The van der Waals surface area contributed by atoms with Crippen molar-refractivity contribution in [2.24, 2.45) is 0 Å². The van der Waals surface area contributed by atoms with Crippen LogP contribution in [-0.2, 0) is 13.2 Å². The number of rotatable bonds is 7. The van der Waals surface area contributed by atoms with Crippen molar-refractivity contribution in [1.82, 2.24) is 0 Å². The van der Waals surface area contributed by atoms with Gasteiger partial charge in [-0.25, -0.2) is 0 Å². The van der Waals surface area contributed by atoms with Crippen molar-refractivity contribution in [3.63, 3.8) is 0 Å². The van der Waals surface area contributed by atoms with Crippen LogP contribution >= 0.6 is 39.1 Å². The predicted molar refractivity (Wildman–Crippen MR) is 115 cm³/mol. The van der Waals surface area contributed by atoms with Crippen LogP contribution in [0.3, 0.4) is 0 Å². The molecule has 1 N–H and O–H groups in total. The van der Waals surface area contributed by atoms with Gasteiger partial charge in [0.05, 0.1) is 11.6 Å². The molecule has 27 heavy (non-hydrogen) atoms. The number of benzene rings is 3. The molecule has 0 aliphatic rings. The van der Waals surface area contributed by atoms with E-state index in [4.69, 9.17) is 32.7 Å². The van der Waals surface area contributed by atoms with Crippen molar-refractivity contribution in [1.29, 1.82) is 0 Å². The lowest BCUT2D eigenvalue weighted by atomic mass is 10.2. The van der Waals surface area contributed by atoms with Gasteiger partial charge in [-0.15, -0.1) is 0 Å². The monoisotopic (exact) mass is 465 g/mol. The van der Waals surface area contributed by atoms with Crippen molar-refractivity contribution >= 4 is 44.8 Å². The fourth-order valence-corrected chi connectivity index (χ4v) is 3.47. The topological polar surface area (TPSA) is 30.5 Å². The molecule has 0 aliphatic heterocycles. The van der Waals surface area contributed by atoms with E-state index in [2.05, 4.69) is 21.2 Å². The van der Waals surface area contributed by atoms with Crippen LogP contribution in [0.5, 0.6) is 11.5 Å². The summed E-state index contributed by atoms with van der Waals surface area (Å²) >= 11 is 15.5. The molecule has 0 unspecified atom stereocenters. The molecule has 3 rings (SSSR count). The fourth-order valence-electron chi connectivity index (χ4n) is 2.55. The third-order valence-corrected chi connectivity index (χ3v) is 4.98. The fraction of sp³-hybridized carbons (Fsp3) is 0.143. The van der Waals surface area contributed by atoms with Gasteiger partial charge < -0.3 is 14.8 Å². The summed E-state index contributed by atoms with van der Waals surface area (Å²) in [6, 6.07) is 19.1. The van der Waals surface area contributed by atoms with Gasteiger partial charge >= 0.3 is 0 Å². The first-order valence-corrected chi connectivity index (χ1v) is 9.83. The maximum absolute atomic E-state index is 6.02. The summed E-state index contributed by atoms with van der Waals surface area (Å²) in [6.07, 6.45) is 0. The van der Waals surface area contributed by atoms with Crippen LogP contribution in [-0.4, -0.2) is 7.11 Å². The molecular formula is C21H18BrCl2NO2. The SMILES string of the molecule is COc1cc(CNc2cccc(Cl)c2)cc(Br)c1OCc1ccc(Cl)cc1. The molecule has 0 aromatic heterocycles. The van der Waals surface area contributed by atoms with E-state index in [9.17, 15) is 0 Å². The van der Waals surface area contributed by atoms with E-state index in [1.54, 1.807) is 7.11 Å². The molecule has 3 nitrogen and oxygen atoms in total. The lowest BCUT2D eigenvalue weighted by molar-refractivity contribution is 0.282. The molecule has 0 radical (unpaired) electrons. The van der Waals surface area contributed by atoms with Crippen LogP contribution in [0.4, 0.5) is 5.69 Å². The van der Waals surface area contributed by atoms with Crippen LogP contribution in [0.1, 0.15) is 11.1 Å². The normalized spacial score (nSPS) is 10.5.